The van der Waals surface area contributed by atoms with Crippen LogP contribution in [0.15, 0.2) is 42.7 Å². The molecule has 3 aromatic rings. The van der Waals surface area contributed by atoms with Gasteiger partial charge in [-0.05, 0) is 68.6 Å². The van der Waals surface area contributed by atoms with Crippen molar-refractivity contribution >= 4 is 35.2 Å². The Bertz CT molecular complexity index is 1390. The molecule has 4 heterocycles. The monoisotopic (exact) mass is 643 g/mol. The maximum atomic E-state index is 11.2. The highest BCUT2D eigenvalue weighted by atomic mass is 35.5. The summed E-state index contributed by atoms with van der Waals surface area (Å²) in [4.78, 5) is 33.2. The molecule has 1 aromatic carbocycles. The Labute approximate surface area is 268 Å². The van der Waals surface area contributed by atoms with E-state index in [1.807, 2.05) is 24.3 Å². The summed E-state index contributed by atoms with van der Waals surface area (Å²) >= 11 is 12.6. The second-order valence-corrected chi connectivity index (χ2v) is 12.6. The molecule has 1 unspecified atom stereocenters. The number of β-amino-alcohol motifs (C(OH)–C–C–N with tert-alkyl or cyclic N) is 1. The maximum absolute atomic E-state index is 11.2. The van der Waals surface area contributed by atoms with Crippen molar-refractivity contribution in [3.63, 3.8) is 0 Å². The molecule has 2 aromatic heterocycles. The molecule has 2 aliphatic rings. The minimum absolute atomic E-state index is 0.345. The fourth-order valence-corrected chi connectivity index (χ4v) is 6.28. The molecule has 1 atom stereocenters. The van der Waals surface area contributed by atoms with Crippen molar-refractivity contribution in [2.24, 2.45) is 5.92 Å². The highest BCUT2D eigenvalue weighted by molar-refractivity contribution is 6.35. The highest BCUT2D eigenvalue weighted by Crippen LogP contribution is 2.31. The zero-order valence-electron chi connectivity index (χ0n) is 25.1. The van der Waals surface area contributed by atoms with Gasteiger partial charge in [-0.3, -0.25) is 9.80 Å². The second kappa shape index (κ2) is 14.7. The summed E-state index contributed by atoms with van der Waals surface area (Å²) in [7, 11) is 1.62. The van der Waals surface area contributed by atoms with E-state index in [2.05, 4.69) is 24.7 Å². The molecule has 5 rings (SSSR count). The van der Waals surface area contributed by atoms with Crippen LogP contribution in [0.2, 0.25) is 10.0 Å². The van der Waals surface area contributed by atoms with Gasteiger partial charge < -0.3 is 24.7 Å². The van der Waals surface area contributed by atoms with E-state index in [-0.39, 0.29) is 6.10 Å². The minimum Gasteiger partial charge on any atom is -0.465 e. The van der Waals surface area contributed by atoms with Crippen molar-refractivity contribution in [3.05, 3.63) is 58.3 Å². The quantitative estimate of drug-likeness (QED) is 0.314. The fraction of sp³-hybridized carbons (Fsp3) is 0.484. The van der Waals surface area contributed by atoms with Crippen molar-refractivity contribution in [2.75, 3.05) is 64.3 Å². The lowest BCUT2D eigenvalue weighted by molar-refractivity contribution is 0.122. The van der Waals surface area contributed by atoms with Gasteiger partial charge in [0.05, 0.1) is 24.2 Å². The Balaban J connectivity index is 1.29. The zero-order valence-corrected chi connectivity index (χ0v) is 26.6. The first kappa shape index (κ1) is 32.2. The number of piperidine rings is 1. The van der Waals surface area contributed by atoms with Crippen LogP contribution in [0.1, 0.15) is 25.3 Å². The van der Waals surface area contributed by atoms with Gasteiger partial charge in [-0.1, -0.05) is 23.2 Å². The van der Waals surface area contributed by atoms with Crippen molar-refractivity contribution in [2.45, 2.75) is 32.4 Å². The average Bonchev–Trinajstić information content (AvgIpc) is 2.98. The molecule has 0 bridgehead atoms. The first-order valence-corrected chi connectivity index (χ1v) is 15.7. The summed E-state index contributed by atoms with van der Waals surface area (Å²) in [6, 6.07) is 9.29. The highest BCUT2D eigenvalue weighted by Gasteiger charge is 2.23. The van der Waals surface area contributed by atoms with Gasteiger partial charge in [0.15, 0.2) is 5.75 Å². The number of hydrogen-bond acceptors (Lipinski definition) is 9. The normalized spacial score (nSPS) is 17.4. The third-order valence-electron chi connectivity index (χ3n) is 8.01. The van der Waals surface area contributed by atoms with Crippen molar-refractivity contribution < 1.29 is 19.7 Å². The lowest BCUT2D eigenvalue weighted by Crippen LogP contribution is -2.48. The molecule has 0 spiro atoms. The number of halogens is 2. The SMILES string of the molecule is CC(O)CN1CCN(c2ncc(Oc3cc(CN4CCC(CN(C)C(=O)O)CC4)cc(-c4cc(Cl)cc(Cl)c4)n3)cn2)CC1. The predicted octanol–water partition coefficient (Wildman–Crippen LogP) is 4.96. The number of hydrogen-bond donors (Lipinski definition) is 2. The molecular formula is C31H39Cl2N7O4. The van der Waals surface area contributed by atoms with Crippen LogP contribution in [0.4, 0.5) is 10.7 Å². The molecular weight excluding hydrogens is 605 g/mol. The van der Waals surface area contributed by atoms with Crippen LogP contribution in [0, 0.1) is 5.92 Å². The van der Waals surface area contributed by atoms with E-state index in [9.17, 15) is 15.0 Å². The van der Waals surface area contributed by atoms with E-state index in [4.69, 9.17) is 32.9 Å². The summed E-state index contributed by atoms with van der Waals surface area (Å²) in [5, 5.41) is 19.9. The van der Waals surface area contributed by atoms with Crippen LogP contribution in [-0.2, 0) is 6.54 Å². The lowest BCUT2D eigenvalue weighted by atomic mass is 9.96. The summed E-state index contributed by atoms with van der Waals surface area (Å²) in [5.74, 6) is 1.88. The van der Waals surface area contributed by atoms with Crippen molar-refractivity contribution in [1.29, 1.82) is 0 Å². The Morgan fingerprint density at radius 1 is 1.00 bits per heavy atom. The van der Waals surface area contributed by atoms with E-state index >= 15 is 0 Å². The number of benzene rings is 1. The number of amides is 1. The number of pyridine rings is 1. The van der Waals surface area contributed by atoms with Crippen LogP contribution in [-0.4, -0.2) is 111 Å². The molecule has 44 heavy (non-hydrogen) atoms. The average molecular weight is 645 g/mol. The van der Waals surface area contributed by atoms with Gasteiger partial charge in [-0.15, -0.1) is 0 Å². The number of carbonyl (C=O) groups is 1. The molecule has 0 aliphatic carbocycles. The number of rotatable bonds is 10. The number of aromatic nitrogens is 3. The molecule has 236 valence electrons. The largest absolute Gasteiger partial charge is 0.465 e. The van der Waals surface area contributed by atoms with Gasteiger partial charge in [-0.25, -0.2) is 19.7 Å². The van der Waals surface area contributed by atoms with E-state index in [0.717, 1.165) is 63.2 Å². The Hall–Kier alpha value is -3.22. The number of anilines is 1. The van der Waals surface area contributed by atoms with Crippen LogP contribution >= 0.6 is 23.2 Å². The third kappa shape index (κ3) is 8.92. The van der Waals surface area contributed by atoms with E-state index in [1.54, 1.807) is 32.4 Å². The molecule has 1 amide bonds. The lowest BCUT2D eigenvalue weighted by Gasteiger charge is -2.35. The molecule has 13 heteroatoms. The van der Waals surface area contributed by atoms with Crippen LogP contribution < -0.4 is 9.64 Å². The standard InChI is InChI=1S/C31H39Cl2N7O4/c1-21(41)18-39-7-9-40(10-8-39)30-34-16-27(17-35-30)44-29-12-23(11-28(36-29)24-13-25(32)15-26(33)14-24)20-38-5-3-22(4-6-38)19-37(2)31(42)43/h11-17,21-22,41H,3-10,18-20H2,1-2H3,(H,42,43). The van der Waals surface area contributed by atoms with Crippen LogP contribution in [0.3, 0.4) is 0 Å². The molecule has 0 saturated carbocycles. The van der Waals surface area contributed by atoms with Gasteiger partial charge in [0.2, 0.25) is 11.8 Å². The molecule has 11 nitrogen and oxygen atoms in total. The van der Waals surface area contributed by atoms with Crippen LogP contribution in [0.5, 0.6) is 11.6 Å². The second-order valence-electron chi connectivity index (χ2n) is 11.7. The predicted molar refractivity (Wildman–Crippen MR) is 171 cm³/mol. The molecule has 2 N–H and O–H groups in total. The molecule has 0 radical (unpaired) electrons. The molecule has 2 fully saturated rings. The summed E-state index contributed by atoms with van der Waals surface area (Å²) < 4.78 is 6.18. The van der Waals surface area contributed by atoms with E-state index in [0.29, 0.717) is 58.9 Å². The van der Waals surface area contributed by atoms with Gasteiger partial charge in [-0.2, -0.15) is 0 Å². The minimum atomic E-state index is -0.891. The topological polar surface area (TPSA) is 118 Å². The van der Waals surface area contributed by atoms with Crippen LogP contribution in [0.25, 0.3) is 11.3 Å². The smallest absolute Gasteiger partial charge is 0.407 e. The fourth-order valence-electron chi connectivity index (χ4n) is 5.75. The number of ether oxygens (including phenoxy) is 1. The Kier molecular flexibility index (Phi) is 10.8. The first-order valence-electron chi connectivity index (χ1n) is 14.9. The zero-order chi connectivity index (χ0) is 31.2. The number of likely N-dealkylation sites (tertiary alicyclic amines) is 1. The molecule has 2 saturated heterocycles. The number of nitrogens with zero attached hydrogens (tertiary/aromatic N) is 7. The first-order chi connectivity index (χ1) is 21.1. The van der Waals surface area contributed by atoms with Gasteiger partial charge >= 0.3 is 6.09 Å². The number of aliphatic hydroxyl groups is 1. The third-order valence-corrected chi connectivity index (χ3v) is 8.44. The van der Waals surface area contributed by atoms with Crippen molar-refractivity contribution in [3.8, 4) is 22.9 Å². The van der Waals surface area contributed by atoms with Gasteiger partial charge in [0.1, 0.15) is 0 Å². The summed E-state index contributed by atoms with van der Waals surface area (Å²) in [5.41, 5.74) is 2.49. The number of piperazine rings is 1. The maximum Gasteiger partial charge on any atom is 0.407 e. The number of carboxylic acid groups (broad SMARTS) is 1. The Morgan fingerprint density at radius 3 is 2.27 bits per heavy atom. The number of aliphatic hydroxyl groups excluding tert-OH is 1. The van der Waals surface area contributed by atoms with E-state index in [1.165, 1.54) is 4.90 Å². The van der Waals surface area contributed by atoms with Crippen molar-refractivity contribution in [1.82, 2.24) is 29.7 Å². The Morgan fingerprint density at radius 2 is 1.66 bits per heavy atom. The van der Waals surface area contributed by atoms with Gasteiger partial charge in [0, 0.05) is 74.5 Å². The summed E-state index contributed by atoms with van der Waals surface area (Å²) in [6.45, 7) is 8.72. The van der Waals surface area contributed by atoms with E-state index < -0.39 is 6.09 Å². The molecule has 2 aliphatic heterocycles. The van der Waals surface area contributed by atoms with Gasteiger partial charge in [0.25, 0.3) is 0 Å². The summed E-state index contributed by atoms with van der Waals surface area (Å²) in [6.07, 6.45) is 3.95.